The highest BCUT2D eigenvalue weighted by Crippen LogP contribution is 2.48. The molecule has 2 aromatic rings. The Bertz CT molecular complexity index is 776. The van der Waals surface area contributed by atoms with E-state index in [-0.39, 0.29) is 12.1 Å². The van der Waals surface area contributed by atoms with Gasteiger partial charge in [-0.3, -0.25) is 4.90 Å². The topological polar surface area (TPSA) is 41.6 Å². The fourth-order valence-electron chi connectivity index (χ4n) is 3.24. The molecule has 4 nitrogen and oxygen atoms in total. The van der Waals surface area contributed by atoms with Crippen LogP contribution in [0.15, 0.2) is 30.3 Å². The Hall–Kier alpha value is -1.94. The number of halogens is 1. The van der Waals surface area contributed by atoms with E-state index < -0.39 is 5.72 Å². The van der Waals surface area contributed by atoms with Crippen molar-refractivity contribution in [3.05, 3.63) is 40.9 Å². The van der Waals surface area contributed by atoms with Crippen LogP contribution in [0, 0.1) is 0 Å². The van der Waals surface area contributed by atoms with E-state index in [1.54, 1.807) is 11.9 Å². The zero-order valence-corrected chi connectivity index (χ0v) is 12.6. The predicted octanol–water partition coefficient (Wildman–Crippen LogP) is 3.69. The van der Waals surface area contributed by atoms with E-state index in [0.717, 1.165) is 22.1 Å². The number of ether oxygens (including phenoxy) is 1. The van der Waals surface area contributed by atoms with Gasteiger partial charge in [-0.25, -0.2) is 4.79 Å². The summed E-state index contributed by atoms with van der Waals surface area (Å²) in [6.07, 6.45) is 0.705. The van der Waals surface area contributed by atoms with Gasteiger partial charge in [0.2, 0.25) is 0 Å². The number of urea groups is 1. The molecule has 5 heteroatoms. The fraction of sp³-hybridized carbons (Fsp3) is 0.312. The van der Waals surface area contributed by atoms with Crippen molar-refractivity contribution in [2.75, 3.05) is 7.05 Å². The molecule has 2 heterocycles. The molecular weight excluding hydrogens is 288 g/mol. The number of hydrogen-bond donors (Lipinski definition) is 1. The summed E-state index contributed by atoms with van der Waals surface area (Å²) in [6, 6.07) is 9.64. The van der Waals surface area contributed by atoms with Gasteiger partial charge in [-0.05, 0) is 13.0 Å². The molecule has 0 radical (unpaired) electrons. The van der Waals surface area contributed by atoms with Crippen molar-refractivity contribution in [1.82, 2.24) is 10.2 Å². The Labute approximate surface area is 127 Å². The van der Waals surface area contributed by atoms with Gasteiger partial charge in [-0.1, -0.05) is 35.9 Å². The minimum atomic E-state index is -0.628. The van der Waals surface area contributed by atoms with Crippen LogP contribution in [-0.2, 0) is 0 Å². The maximum atomic E-state index is 12.1. The maximum Gasteiger partial charge on any atom is 0.320 e. The quantitative estimate of drug-likeness (QED) is 0.806. The van der Waals surface area contributed by atoms with Crippen LogP contribution < -0.4 is 10.1 Å². The lowest BCUT2D eigenvalue weighted by Gasteiger charge is -2.49. The van der Waals surface area contributed by atoms with Crippen molar-refractivity contribution in [3.63, 3.8) is 0 Å². The highest BCUT2D eigenvalue weighted by Gasteiger charge is 2.47. The summed E-state index contributed by atoms with van der Waals surface area (Å²) in [5.74, 6) is 0.820. The van der Waals surface area contributed by atoms with Crippen LogP contribution in [0.2, 0.25) is 5.02 Å². The largest absolute Gasteiger partial charge is 0.467 e. The first kappa shape index (κ1) is 12.8. The normalized spacial score (nSPS) is 27.1. The summed E-state index contributed by atoms with van der Waals surface area (Å²) in [7, 11) is 1.76. The number of carbonyl (C=O) groups excluding carboxylic acids is 1. The van der Waals surface area contributed by atoms with Crippen LogP contribution in [-0.4, -0.2) is 23.7 Å². The van der Waals surface area contributed by atoms with E-state index in [1.165, 1.54) is 0 Å². The second-order valence-corrected chi connectivity index (χ2v) is 6.27. The molecular formula is C16H15ClN2O2. The smallest absolute Gasteiger partial charge is 0.320 e. The summed E-state index contributed by atoms with van der Waals surface area (Å²) >= 11 is 6.39. The zero-order valence-electron chi connectivity index (χ0n) is 11.8. The first-order valence-corrected chi connectivity index (χ1v) is 7.32. The molecule has 108 valence electrons. The van der Waals surface area contributed by atoms with Crippen molar-refractivity contribution < 1.29 is 9.53 Å². The third kappa shape index (κ3) is 1.65. The first-order valence-electron chi connectivity index (χ1n) is 6.94. The molecule has 2 bridgehead atoms. The molecule has 2 amide bonds. The average Bonchev–Trinajstić information content (AvgIpc) is 2.47. The van der Waals surface area contributed by atoms with Crippen LogP contribution >= 0.6 is 11.6 Å². The van der Waals surface area contributed by atoms with Gasteiger partial charge < -0.3 is 10.1 Å². The lowest BCUT2D eigenvalue weighted by Crippen LogP contribution is -2.63. The average molecular weight is 303 g/mol. The molecule has 1 N–H and O–H groups in total. The van der Waals surface area contributed by atoms with E-state index in [0.29, 0.717) is 11.4 Å². The maximum absolute atomic E-state index is 12.1. The van der Waals surface area contributed by atoms with Gasteiger partial charge in [0.1, 0.15) is 5.75 Å². The van der Waals surface area contributed by atoms with E-state index in [1.807, 2.05) is 37.3 Å². The van der Waals surface area contributed by atoms with E-state index in [4.69, 9.17) is 16.3 Å². The van der Waals surface area contributed by atoms with Gasteiger partial charge in [-0.2, -0.15) is 0 Å². The van der Waals surface area contributed by atoms with Crippen LogP contribution in [0.4, 0.5) is 4.79 Å². The van der Waals surface area contributed by atoms with Crippen LogP contribution in [0.5, 0.6) is 5.75 Å². The van der Waals surface area contributed by atoms with Gasteiger partial charge in [0.25, 0.3) is 0 Å². The summed E-state index contributed by atoms with van der Waals surface area (Å²) < 4.78 is 6.25. The number of nitrogens with one attached hydrogen (secondary N) is 1. The Kier molecular flexibility index (Phi) is 2.46. The Morgan fingerprint density at radius 3 is 2.86 bits per heavy atom. The predicted molar refractivity (Wildman–Crippen MR) is 81.6 cm³/mol. The summed E-state index contributed by atoms with van der Waals surface area (Å²) in [5.41, 5.74) is 0.328. The van der Waals surface area contributed by atoms with E-state index >= 15 is 0 Å². The molecule has 0 aromatic heterocycles. The second kappa shape index (κ2) is 4.04. The summed E-state index contributed by atoms with van der Waals surface area (Å²) in [4.78, 5) is 13.7. The third-order valence-electron chi connectivity index (χ3n) is 4.57. The number of amides is 2. The van der Waals surface area contributed by atoms with Gasteiger partial charge in [0.05, 0.1) is 6.04 Å². The van der Waals surface area contributed by atoms with E-state index in [2.05, 4.69) is 5.32 Å². The highest BCUT2D eigenvalue weighted by molar-refractivity contribution is 6.36. The molecule has 0 spiro atoms. The van der Waals surface area contributed by atoms with Crippen LogP contribution in [0.25, 0.3) is 10.8 Å². The number of hydrogen-bond acceptors (Lipinski definition) is 2. The highest BCUT2D eigenvalue weighted by atomic mass is 35.5. The lowest BCUT2D eigenvalue weighted by molar-refractivity contribution is -0.0707. The standard InChI is InChI=1S/C16H15ClN2O2/c1-16-8-13(18-15(20)19(16)2)11-7-12(17)9-5-3-4-6-10(9)14(11)21-16/h3-7,13H,8H2,1-2H3,(H,18,20). The molecule has 1 saturated heterocycles. The summed E-state index contributed by atoms with van der Waals surface area (Å²) in [5, 5.41) is 5.66. The molecule has 2 aliphatic rings. The number of benzene rings is 2. The molecule has 2 unspecified atom stereocenters. The fourth-order valence-corrected chi connectivity index (χ4v) is 3.52. The molecule has 4 rings (SSSR count). The van der Waals surface area contributed by atoms with Crippen molar-refractivity contribution in [2.24, 2.45) is 0 Å². The molecule has 2 aliphatic heterocycles. The van der Waals surface area contributed by atoms with Gasteiger partial charge in [0.15, 0.2) is 5.72 Å². The Balaban J connectivity index is 2.01. The van der Waals surface area contributed by atoms with Crippen LogP contribution in [0.3, 0.4) is 0 Å². The van der Waals surface area contributed by atoms with Crippen molar-refractivity contribution >= 4 is 28.4 Å². The molecule has 0 aliphatic carbocycles. The van der Waals surface area contributed by atoms with Crippen molar-refractivity contribution in [3.8, 4) is 5.75 Å². The zero-order chi connectivity index (χ0) is 14.8. The number of rotatable bonds is 0. The monoisotopic (exact) mass is 302 g/mol. The van der Waals surface area contributed by atoms with Gasteiger partial charge in [0, 0.05) is 34.8 Å². The van der Waals surface area contributed by atoms with Crippen molar-refractivity contribution in [1.29, 1.82) is 0 Å². The molecule has 0 saturated carbocycles. The summed E-state index contributed by atoms with van der Waals surface area (Å²) in [6.45, 7) is 1.95. The number of nitrogens with zero attached hydrogens (tertiary/aromatic N) is 1. The Morgan fingerprint density at radius 2 is 2.10 bits per heavy atom. The SMILES string of the molecule is CN1C(=O)NC2CC1(C)Oc1c2cc(Cl)c2ccccc12. The minimum Gasteiger partial charge on any atom is -0.467 e. The molecule has 1 fully saturated rings. The Morgan fingerprint density at radius 1 is 1.38 bits per heavy atom. The second-order valence-electron chi connectivity index (χ2n) is 5.86. The molecule has 2 atom stereocenters. The third-order valence-corrected chi connectivity index (χ3v) is 4.88. The minimum absolute atomic E-state index is 0.0652. The molecule has 2 aromatic carbocycles. The first-order chi connectivity index (χ1) is 9.99. The number of carbonyl (C=O) groups is 1. The molecule has 21 heavy (non-hydrogen) atoms. The van der Waals surface area contributed by atoms with Gasteiger partial charge in [-0.15, -0.1) is 0 Å². The number of fused-ring (bicyclic) bond motifs is 6. The lowest BCUT2D eigenvalue weighted by atomic mass is 9.89. The van der Waals surface area contributed by atoms with Gasteiger partial charge >= 0.3 is 6.03 Å². The van der Waals surface area contributed by atoms with Crippen LogP contribution in [0.1, 0.15) is 24.9 Å². The van der Waals surface area contributed by atoms with E-state index in [9.17, 15) is 4.79 Å². The van der Waals surface area contributed by atoms with Crippen molar-refractivity contribution in [2.45, 2.75) is 25.1 Å².